The van der Waals surface area contributed by atoms with E-state index in [1.807, 2.05) is 28.8 Å². The maximum Gasteiger partial charge on any atom is 0.253 e. The highest BCUT2D eigenvalue weighted by Gasteiger charge is 2.20. The number of anilines is 1. The Morgan fingerprint density at radius 3 is 2.59 bits per heavy atom. The number of para-hydroxylation sites is 2. The van der Waals surface area contributed by atoms with E-state index in [1.54, 1.807) is 31.2 Å². The largest absolute Gasteiger partial charge is 0.340 e. The minimum Gasteiger partial charge on any atom is -0.340 e. The van der Waals surface area contributed by atoms with Gasteiger partial charge in [0, 0.05) is 6.54 Å². The highest BCUT2D eigenvalue weighted by Crippen LogP contribution is 2.20. The molecule has 0 radical (unpaired) electrons. The number of hydrogen-bond donors (Lipinski definition) is 2. The van der Waals surface area contributed by atoms with Crippen LogP contribution in [0.3, 0.4) is 0 Å². The Labute approximate surface area is 162 Å². The maximum atomic E-state index is 12.6. The van der Waals surface area contributed by atoms with Crippen molar-refractivity contribution in [2.24, 2.45) is 0 Å². The first kappa shape index (κ1) is 18.9. The molecule has 2 N–H and O–H groups in total. The molecule has 0 saturated carbocycles. The number of aromatic nitrogens is 2. The summed E-state index contributed by atoms with van der Waals surface area (Å²) in [4.78, 5) is 29.4. The van der Waals surface area contributed by atoms with E-state index in [0.717, 1.165) is 24.0 Å². The standard InChI is InChI=1S/C20H21ClN4O2/c1-3-12-25-17-11-7-6-10-16(17)23-20(25)24-18(26)13(2)22-19(27)14-8-4-5-9-15(14)21/h4-11,13H,3,12H2,1-2H3,(H,22,27)(H,23,24,26)/t13-/m0/s1. The minimum atomic E-state index is -0.747. The van der Waals surface area contributed by atoms with Crippen molar-refractivity contribution in [3.63, 3.8) is 0 Å². The number of carbonyl (C=O) groups excluding carboxylic acids is 2. The van der Waals surface area contributed by atoms with Crippen LogP contribution in [0.5, 0.6) is 0 Å². The summed E-state index contributed by atoms with van der Waals surface area (Å²) in [6, 6.07) is 13.7. The molecular formula is C20H21ClN4O2. The molecule has 0 aliphatic carbocycles. The SMILES string of the molecule is CCCn1c(NC(=O)[C@H](C)NC(=O)c2ccccc2Cl)nc2ccccc21. The maximum absolute atomic E-state index is 12.6. The van der Waals surface area contributed by atoms with Gasteiger partial charge in [0.2, 0.25) is 11.9 Å². The Morgan fingerprint density at radius 1 is 1.15 bits per heavy atom. The van der Waals surface area contributed by atoms with Crippen molar-refractivity contribution in [1.29, 1.82) is 0 Å². The van der Waals surface area contributed by atoms with Crippen LogP contribution in [0.15, 0.2) is 48.5 Å². The van der Waals surface area contributed by atoms with Crippen molar-refractivity contribution >= 4 is 40.4 Å². The van der Waals surface area contributed by atoms with Crippen LogP contribution >= 0.6 is 11.6 Å². The molecule has 2 aromatic carbocycles. The molecule has 140 valence electrons. The number of benzene rings is 2. The molecule has 0 unspecified atom stereocenters. The van der Waals surface area contributed by atoms with Gasteiger partial charge in [-0.1, -0.05) is 42.8 Å². The lowest BCUT2D eigenvalue weighted by atomic mass is 10.2. The first-order valence-electron chi connectivity index (χ1n) is 8.82. The van der Waals surface area contributed by atoms with Crippen molar-refractivity contribution in [2.75, 3.05) is 5.32 Å². The first-order valence-corrected chi connectivity index (χ1v) is 9.20. The Balaban J connectivity index is 1.75. The number of carbonyl (C=O) groups is 2. The summed E-state index contributed by atoms with van der Waals surface area (Å²) in [5.74, 6) is -0.268. The van der Waals surface area contributed by atoms with Gasteiger partial charge in [-0.05, 0) is 37.6 Å². The van der Waals surface area contributed by atoms with Gasteiger partial charge in [0.05, 0.1) is 21.6 Å². The van der Waals surface area contributed by atoms with Gasteiger partial charge in [0.15, 0.2) is 0 Å². The fraction of sp³-hybridized carbons (Fsp3) is 0.250. The average molecular weight is 385 g/mol. The van der Waals surface area contributed by atoms with Gasteiger partial charge >= 0.3 is 0 Å². The van der Waals surface area contributed by atoms with Crippen LogP contribution in [0.25, 0.3) is 11.0 Å². The lowest BCUT2D eigenvalue weighted by molar-refractivity contribution is -0.117. The molecule has 27 heavy (non-hydrogen) atoms. The molecule has 1 aromatic heterocycles. The molecular weight excluding hydrogens is 364 g/mol. The average Bonchev–Trinajstić information content (AvgIpc) is 2.99. The van der Waals surface area contributed by atoms with Crippen LogP contribution in [0.4, 0.5) is 5.95 Å². The highest BCUT2D eigenvalue weighted by atomic mass is 35.5. The second-order valence-corrected chi connectivity index (χ2v) is 6.65. The topological polar surface area (TPSA) is 76.0 Å². The van der Waals surface area contributed by atoms with Crippen LogP contribution < -0.4 is 10.6 Å². The first-order chi connectivity index (χ1) is 13.0. The van der Waals surface area contributed by atoms with Gasteiger partial charge in [-0.25, -0.2) is 4.98 Å². The summed E-state index contributed by atoms with van der Waals surface area (Å²) >= 11 is 6.04. The molecule has 1 atom stereocenters. The van der Waals surface area contributed by atoms with Crippen LogP contribution in [-0.2, 0) is 11.3 Å². The molecule has 3 rings (SSSR count). The zero-order chi connectivity index (χ0) is 19.4. The van der Waals surface area contributed by atoms with Gasteiger partial charge < -0.3 is 9.88 Å². The molecule has 6 nitrogen and oxygen atoms in total. The van der Waals surface area contributed by atoms with E-state index in [1.165, 1.54) is 0 Å². The molecule has 3 aromatic rings. The summed E-state index contributed by atoms with van der Waals surface area (Å²) in [5, 5.41) is 5.83. The van der Waals surface area contributed by atoms with E-state index in [9.17, 15) is 9.59 Å². The van der Waals surface area contributed by atoms with Gasteiger partial charge in [-0.15, -0.1) is 0 Å². The monoisotopic (exact) mass is 384 g/mol. The third-order valence-electron chi connectivity index (χ3n) is 4.20. The molecule has 0 fully saturated rings. The fourth-order valence-electron chi connectivity index (χ4n) is 2.82. The minimum absolute atomic E-state index is 0.331. The van der Waals surface area contributed by atoms with Gasteiger partial charge in [-0.2, -0.15) is 0 Å². The molecule has 0 aliphatic rings. The normalized spacial score (nSPS) is 12.0. The van der Waals surface area contributed by atoms with E-state index in [4.69, 9.17) is 11.6 Å². The van der Waals surface area contributed by atoms with Crippen molar-refractivity contribution in [3.05, 3.63) is 59.1 Å². The van der Waals surface area contributed by atoms with Crippen LogP contribution in [-0.4, -0.2) is 27.4 Å². The number of halogens is 1. The Bertz CT molecular complexity index is 983. The summed E-state index contributed by atoms with van der Waals surface area (Å²) in [7, 11) is 0. The van der Waals surface area contributed by atoms with Gasteiger partial charge in [0.25, 0.3) is 5.91 Å². The molecule has 0 aliphatic heterocycles. The number of rotatable bonds is 6. The quantitative estimate of drug-likeness (QED) is 0.677. The third-order valence-corrected chi connectivity index (χ3v) is 4.53. The lowest BCUT2D eigenvalue weighted by Gasteiger charge is -2.15. The number of amides is 2. The number of imidazole rings is 1. The molecule has 2 amide bonds. The molecule has 0 bridgehead atoms. The zero-order valence-electron chi connectivity index (χ0n) is 15.2. The molecule has 1 heterocycles. The summed E-state index contributed by atoms with van der Waals surface area (Å²) in [6.45, 7) is 4.42. The Kier molecular flexibility index (Phi) is 5.76. The molecule has 0 spiro atoms. The van der Waals surface area contributed by atoms with Crippen LogP contribution in [0.1, 0.15) is 30.6 Å². The van der Waals surface area contributed by atoms with Crippen molar-refractivity contribution in [2.45, 2.75) is 32.9 Å². The number of nitrogens with one attached hydrogen (secondary N) is 2. The summed E-state index contributed by atoms with van der Waals surface area (Å²) in [6.07, 6.45) is 0.905. The van der Waals surface area contributed by atoms with Crippen molar-refractivity contribution < 1.29 is 9.59 Å². The van der Waals surface area contributed by atoms with Gasteiger partial charge in [0.1, 0.15) is 6.04 Å². The summed E-state index contributed by atoms with van der Waals surface area (Å²) in [5.41, 5.74) is 2.11. The molecule has 7 heteroatoms. The molecule has 0 saturated heterocycles. The number of aryl methyl sites for hydroxylation is 1. The second kappa shape index (κ2) is 8.22. The fourth-order valence-corrected chi connectivity index (χ4v) is 3.05. The second-order valence-electron chi connectivity index (χ2n) is 6.24. The van der Waals surface area contributed by atoms with E-state index in [-0.39, 0.29) is 5.91 Å². The predicted octanol–water partition coefficient (Wildman–Crippen LogP) is 3.86. The van der Waals surface area contributed by atoms with E-state index in [2.05, 4.69) is 22.5 Å². The zero-order valence-corrected chi connectivity index (χ0v) is 16.0. The Hall–Kier alpha value is -2.86. The Morgan fingerprint density at radius 2 is 1.85 bits per heavy atom. The van der Waals surface area contributed by atoms with Crippen molar-refractivity contribution in [3.8, 4) is 0 Å². The van der Waals surface area contributed by atoms with E-state index >= 15 is 0 Å². The lowest BCUT2D eigenvalue weighted by Crippen LogP contribution is -2.42. The van der Waals surface area contributed by atoms with Crippen molar-refractivity contribution in [1.82, 2.24) is 14.9 Å². The third kappa shape index (κ3) is 4.11. The number of nitrogens with zero attached hydrogens (tertiary/aromatic N) is 2. The van der Waals surface area contributed by atoms with Crippen LogP contribution in [0, 0.1) is 0 Å². The number of hydrogen-bond acceptors (Lipinski definition) is 3. The van der Waals surface area contributed by atoms with Crippen LogP contribution in [0.2, 0.25) is 5.02 Å². The van der Waals surface area contributed by atoms with Gasteiger partial charge in [-0.3, -0.25) is 14.9 Å². The number of fused-ring (bicyclic) bond motifs is 1. The van der Waals surface area contributed by atoms with E-state index in [0.29, 0.717) is 16.5 Å². The smallest absolute Gasteiger partial charge is 0.253 e. The summed E-state index contributed by atoms with van der Waals surface area (Å²) < 4.78 is 1.97. The highest BCUT2D eigenvalue weighted by molar-refractivity contribution is 6.33. The predicted molar refractivity (Wildman–Crippen MR) is 107 cm³/mol. The van der Waals surface area contributed by atoms with E-state index < -0.39 is 11.9 Å².